The normalized spacial score (nSPS) is 22.1. The Labute approximate surface area is 421 Å². The van der Waals surface area contributed by atoms with Crippen LogP contribution in [0, 0.1) is 18.8 Å². The molecule has 22 heteroatoms. The molecule has 6 heterocycles. The summed E-state index contributed by atoms with van der Waals surface area (Å²) < 4.78 is 174. The number of methoxy groups -OCH3 is 1. The molecule has 2 amide bonds. The maximum absolute atomic E-state index is 15.1. The number of carbonyl (C=O) groups excluding carboxylic acids is 3. The summed E-state index contributed by atoms with van der Waals surface area (Å²) in [7, 11) is 1.17. The molecule has 6 atom stereocenters. The predicted molar refractivity (Wildman–Crippen MR) is 253 cm³/mol. The molecule has 5 aliphatic rings. The second-order valence-electron chi connectivity index (χ2n) is 19.6. The van der Waals surface area contributed by atoms with E-state index in [2.05, 4.69) is 15.0 Å². The molecule has 0 fully saturated rings. The van der Waals surface area contributed by atoms with Gasteiger partial charge in [0.05, 0.1) is 71.0 Å². The molecular formula is C53H50F12N6O4. The van der Waals surface area contributed by atoms with Gasteiger partial charge >= 0.3 is 30.7 Å². The van der Waals surface area contributed by atoms with Crippen LogP contribution < -0.4 is 0 Å². The molecule has 4 aliphatic heterocycles. The highest BCUT2D eigenvalue weighted by molar-refractivity contribution is 6.30. The number of hydrogen-bond donors (Lipinski definition) is 2. The van der Waals surface area contributed by atoms with Gasteiger partial charge in [-0.15, -0.1) is 0 Å². The average Bonchev–Trinajstić information content (AvgIpc) is 4.00. The van der Waals surface area contributed by atoms with Crippen molar-refractivity contribution in [2.45, 2.75) is 123 Å². The highest BCUT2D eigenvalue weighted by Crippen LogP contribution is 2.48. The predicted octanol–water partition coefficient (Wildman–Crippen LogP) is 14.0. The monoisotopic (exact) mass is 1060 g/mol. The van der Waals surface area contributed by atoms with Crippen molar-refractivity contribution in [1.82, 2.24) is 24.8 Å². The Morgan fingerprint density at radius 1 is 0.760 bits per heavy atom. The number of ether oxygens (including phenoxy) is 1. The van der Waals surface area contributed by atoms with Crippen LogP contribution in [-0.4, -0.2) is 74.3 Å². The fraction of sp³-hybridized carbons (Fsp3) is 0.434. The number of benzene rings is 1. The van der Waals surface area contributed by atoms with Crippen LogP contribution in [0.15, 0.2) is 64.7 Å². The van der Waals surface area contributed by atoms with Crippen molar-refractivity contribution < 1.29 is 71.8 Å². The van der Waals surface area contributed by atoms with E-state index >= 15 is 4.79 Å². The third-order valence-electron chi connectivity index (χ3n) is 14.9. The molecule has 400 valence electrons. The highest BCUT2D eigenvalue weighted by Gasteiger charge is 2.50. The third kappa shape index (κ3) is 10.2. The SMILES string of the molecule is CCC1c2cc3[nH]c4c(c5nc(cc6nc(cc([nH]2)C1C)C(C(C)=NCC1=CC(C(F)(F)F)C(C)C(C(F)(F)F)=C1)=C6C)[C@@H](C)[C@@H]5CCC(=O)OC)C(=O)N(Cc1cc(C(F)(F)F)cc(C(F)(F)F)c1)C(=O)c4c3C. The second kappa shape index (κ2) is 19.4. The number of hydrogen-bond acceptors (Lipinski definition) is 7. The van der Waals surface area contributed by atoms with Crippen LogP contribution in [0.4, 0.5) is 52.7 Å². The van der Waals surface area contributed by atoms with Crippen molar-refractivity contribution in [3.63, 3.8) is 0 Å². The molecule has 1 aliphatic carbocycles. The van der Waals surface area contributed by atoms with Gasteiger partial charge in [0.25, 0.3) is 11.8 Å². The standard InChI is InChI=1S/C53H50F12N6O4/c1-9-32-22(2)36-19-41-43(27(7)66-20-28-14-34(52(60,61)62)24(4)35(15-28)53(63,64)65)25(5)38(68-41)17-37-23(3)33(10-11-42(72)75-8)46(69-37)45-47-44(26(6)39(70-47)18-40(32)67-36)48(73)71(49(45)74)21-29-12-30(50(54,55)56)16-31(13-29)51(57,58)59/h12-19,22-24,32-34,67,70H,9-11,20-21H2,1-8H3/t22?,23-,24?,32?,33-,34?/m0/s1. The Kier molecular flexibility index (Phi) is 14.1. The lowest BCUT2D eigenvalue weighted by molar-refractivity contribution is -0.177. The maximum atomic E-state index is 15.1. The second-order valence-corrected chi connectivity index (χ2v) is 19.6. The van der Waals surface area contributed by atoms with E-state index in [4.69, 9.17) is 14.7 Å². The number of esters is 1. The number of carbonyl (C=O) groups is 3. The maximum Gasteiger partial charge on any atom is 0.416 e. The first-order valence-electron chi connectivity index (χ1n) is 23.9. The molecule has 2 aromatic heterocycles. The van der Waals surface area contributed by atoms with E-state index in [-0.39, 0.29) is 69.9 Å². The summed E-state index contributed by atoms with van der Waals surface area (Å²) in [6, 6.07) is 5.92. The number of aromatic amines is 2. The smallest absolute Gasteiger partial charge is 0.416 e. The lowest BCUT2D eigenvalue weighted by atomic mass is 9.80. The Balaban J connectivity index is 1.38. The molecule has 0 saturated carbocycles. The third-order valence-corrected chi connectivity index (χ3v) is 14.9. The van der Waals surface area contributed by atoms with E-state index in [1.54, 1.807) is 45.9 Å². The first-order valence-corrected chi connectivity index (χ1v) is 23.9. The van der Waals surface area contributed by atoms with Crippen molar-refractivity contribution >= 4 is 45.7 Å². The Morgan fingerprint density at radius 3 is 1.99 bits per heavy atom. The number of halogens is 12. The van der Waals surface area contributed by atoms with Crippen LogP contribution in [0.2, 0.25) is 0 Å². The lowest BCUT2D eigenvalue weighted by Gasteiger charge is -2.31. The zero-order chi connectivity index (χ0) is 55.2. The number of rotatable bonds is 9. The lowest BCUT2D eigenvalue weighted by Crippen LogP contribution is -2.40. The first kappa shape index (κ1) is 54.5. The van der Waals surface area contributed by atoms with Crippen molar-refractivity contribution in [3.05, 3.63) is 127 Å². The summed E-state index contributed by atoms with van der Waals surface area (Å²) in [6.45, 7) is 9.75. The topological polar surface area (TPSA) is 133 Å². The summed E-state index contributed by atoms with van der Waals surface area (Å²) in [5, 5.41) is 0. The Morgan fingerprint density at radius 2 is 1.40 bits per heavy atom. The number of H-pyrrole nitrogens is 2. The van der Waals surface area contributed by atoms with E-state index in [1.165, 1.54) is 7.11 Å². The number of nitrogens with one attached hydrogen (secondary N) is 2. The van der Waals surface area contributed by atoms with Gasteiger partial charge in [0.15, 0.2) is 0 Å². The fourth-order valence-corrected chi connectivity index (χ4v) is 10.8. The number of aromatic nitrogens is 4. The van der Waals surface area contributed by atoms with E-state index in [9.17, 15) is 62.3 Å². The van der Waals surface area contributed by atoms with Gasteiger partial charge in [-0.1, -0.05) is 33.8 Å². The van der Waals surface area contributed by atoms with E-state index in [0.29, 0.717) is 74.7 Å². The van der Waals surface area contributed by atoms with Crippen LogP contribution in [-0.2, 0) is 28.4 Å². The number of fused-ring (bicyclic) bond motifs is 8. The van der Waals surface area contributed by atoms with Crippen LogP contribution in [0.3, 0.4) is 0 Å². The number of allylic oxidation sites excluding steroid dienone is 4. The summed E-state index contributed by atoms with van der Waals surface area (Å²) in [5.41, 5.74) is -1.93. The van der Waals surface area contributed by atoms with Crippen molar-refractivity contribution in [1.29, 1.82) is 0 Å². The quantitative estimate of drug-likeness (QED) is 0.0949. The minimum Gasteiger partial charge on any atom is -0.469 e. The zero-order valence-corrected chi connectivity index (χ0v) is 41.6. The number of imide groups is 1. The highest BCUT2D eigenvalue weighted by atomic mass is 19.4. The molecule has 2 N–H and O–H groups in total. The molecule has 0 radical (unpaired) electrons. The van der Waals surface area contributed by atoms with Crippen molar-refractivity contribution in [2.75, 3.05) is 13.7 Å². The van der Waals surface area contributed by atoms with Gasteiger partial charge in [-0.3, -0.25) is 29.3 Å². The molecule has 8 bridgehead atoms. The van der Waals surface area contributed by atoms with Gasteiger partial charge in [-0.05, 0) is 98.4 Å². The van der Waals surface area contributed by atoms with Gasteiger partial charge in [0, 0.05) is 75.5 Å². The molecule has 3 aromatic rings. The molecule has 8 rings (SSSR count). The van der Waals surface area contributed by atoms with Crippen LogP contribution in [0.5, 0.6) is 0 Å². The number of nitrogens with zero attached hydrogens (tertiary/aromatic N) is 4. The summed E-state index contributed by atoms with van der Waals surface area (Å²) in [4.78, 5) is 64.3. The van der Waals surface area contributed by atoms with Crippen LogP contribution in [0.1, 0.15) is 162 Å². The van der Waals surface area contributed by atoms with Crippen LogP contribution >= 0.6 is 0 Å². The molecule has 4 unspecified atom stereocenters. The minimum absolute atomic E-state index is 0.000653. The van der Waals surface area contributed by atoms with Crippen molar-refractivity contribution in [3.8, 4) is 0 Å². The summed E-state index contributed by atoms with van der Waals surface area (Å²) in [5.74, 6) is -8.96. The first-order chi connectivity index (χ1) is 34.8. The molecular weight excluding hydrogens is 1010 g/mol. The molecule has 0 spiro atoms. The molecule has 10 nitrogen and oxygen atoms in total. The Hall–Kier alpha value is -6.74. The van der Waals surface area contributed by atoms with Gasteiger partial charge < -0.3 is 14.7 Å². The minimum atomic E-state index is -5.24. The number of aryl methyl sites for hydroxylation is 1. The van der Waals surface area contributed by atoms with E-state index < -0.39 is 102 Å². The fourth-order valence-electron chi connectivity index (χ4n) is 10.8. The molecule has 0 saturated heterocycles. The van der Waals surface area contributed by atoms with Crippen LogP contribution in [0.25, 0.3) is 22.2 Å². The average molecular weight is 1060 g/mol. The summed E-state index contributed by atoms with van der Waals surface area (Å²) >= 11 is 0. The Bertz CT molecular complexity index is 3190. The van der Waals surface area contributed by atoms with E-state index in [0.717, 1.165) is 13.0 Å². The summed E-state index contributed by atoms with van der Waals surface area (Å²) in [6.07, 6.45) is -18.7. The van der Waals surface area contributed by atoms with Gasteiger partial charge in [-0.2, -0.15) is 52.7 Å². The molecule has 75 heavy (non-hydrogen) atoms. The zero-order valence-electron chi connectivity index (χ0n) is 41.6. The van der Waals surface area contributed by atoms with Gasteiger partial charge in [0.1, 0.15) is 0 Å². The number of amides is 2. The number of aliphatic imine (C=N–C) groups is 1. The number of alkyl halides is 12. The van der Waals surface area contributed by atoms with Gasteiger partial charge in [-0.25, -0.2) is 4.98 Å². The van der Waals surface area contributed by atoms with Crippen molar-refractivity contribution in [2.24, 2.45) is 16.8 Å². The van der Waals surface area contributed by atoms with E-state index in [1.807, 2.05) is 13.8 Å². The largest absolute Gasteiger partial charge is 0.469 e. The molecule has 1 aromatic carbocycles. The van der Waals surface area contributed by atoms with Gasteiger partial charge in [0.2, 0.25) is 0 Å².